The molecule has 0 saturated heterocycles. The number of aromatic nitrogens is 1. The fraction of sp³-hybridized carbons (Fsp3) is 0.444. The van der Waals surface area contributed by atoms with Crippen molar-refractivity contribution in [3.63, 3.8) is 0 Å². The summed E-state index contributed by atoms with van der Waals surface area (Å²) in [5.74, 6) is -2.55. The van der Waals surface area contributed by atoms with Gasteiger partial charge in [0, 0.05) is 12.6 Å². The number of halogens is 3. The summed E-state index contributed by atoms with van der Waals surface area (Å²) in [5, 5.41) is 0. The topological polar surface area (TPSA) is 12.9 Å². The zero-order valence-electron chi connectivity index (χ0n) is 7.02. The van der Waals surface area contributed by atoms with Gasteiger partial charge in [-0.15, -0.1) is 0 Å². The highest BCUT2D eigenvalue weighted by Gasteiger charge is 2.68. The molecule has 1 heterocycles. The number of nitrogens with zero attached hydrogens (tertiary/aromatic N) is 1. The molecule has 0 spiro atoms. The molecule has 0 amide bonds. The molecular weight excluding hydrogens is 240 g/mol. The van der Waals surface area contributed by atoms with Crippen LogP contribution < -0.4 is 0 Å². The van der Waals surface area contributed by atoms with Crippen LogP contribution in [0.5, 0.6) is 0 Å². The van der Waals surface area contributed by atoms with Crippen LogP contribution in [0.2, 0.25) is 0 Å². The van der Waals surface area contributed by atoms with E-state index in [0.717, 1.165) is 0 Å². The van der Waals surface area contributed by atoms with Gasteiger partial charge in [0.15, 0.2) is 0 Å². The van der Waals surface area contributed by atoms with Crippen LogP contribution >= 0.6 is 15.9 Å². The monoisotopic (exact) mass is 247 g/mol. The predicted octanol–water partition coefficient (Wildman–Crippen LogP) is 3.14. The molecule has 4 heteroatoms. The van der Waals surface area contributed by atoms with Crippen LogP contribution in [0.3, 0.4) is 0 Å². The van der Waals surface area contributed by atoms with Gasteiger partial charge >= 0.3 is 0 Å². The number of hydrogen-bond donors (Lipinski definition) is 0. The molecule has 1 aliphatic carbocycles. The van der Waals surface area contributed by atoms with Crippen molar-refractivity contribution in [2.24, 2.45) is 0 Å². The van der Waals surface area contributed by atoms with E-state index >= 15 is 0 Å². The molecule has 1 nitrogen and oxygen atoms in total. The van der Waals surface area contributed by atoms with Gasteiger partial charge in [0.25, 0.3) is 5.92 Å². The normalized spacial score (nSPS) is 30.2. The smallest absolute Gasteiger partial charge is 0.249 e. The zero-order chi connectivity index (χ0) is 9.69. The van der Waals surface area contributed by atoms with Gasteiger partial charge in [-0.2, -0.15) is 0 Å². The molecule has 0 bridgehead atoms. The molecule has 1 saturated carbocycles. The van der Waals surface area contributed by atoms with Crippen LogP contribution in [-0.4, -0.2) is 10.9 Å². The van der Waals surface area contributed by atoms with Crippen molar-refractivity contribution in [3.05, 3.63) is 28.5 Å². The standard InChI is InChI=1S/C9H8BrF2N/c1-8(5-9(8,11)12)6-2-3-13-7(10)4-6/h2-4H,5H2,1H3. The Balaban J connectivity index is 2.38. The van der Waals surface area contributed by atoms with Gasteiger partial charge < -0.3 is 0 Å². The first-order valence-corrected chi connectivity index (χ1v) is 4.75. The van der Waals surface area contributed by atoms with Gasteiger partial charge in [-0.3, -0.25) is 0 Å². The Hall–Kier alpha value is -0.510. The molecule has 0 aliphatic heterocycles. The molecule has 0 N–H and O–H groups in total. The lowest BCUT2D eigenvalue weighted by atomic mass is 9.99. The lowest BCUT2D eigenvalue weighted by Gasteiger charge is -2.09. The molecule has 2 rings (SSSR count). The number of alkyl halides is 2. The van der Waals surface area contributed by atoms with E-state index in [9.17, 15) is 8.78 Å². The van der Waals surface area contributed by atoms with E-state index in [4.69, 9.17) is 0 Å². The summed E-state index contributed by atoms with van der Waals surface area (Å²) in [6.45, 7) is 1.58. The Morgan fingerprint density at radius 3 is 2.62 bits per heavy atom. The Morgan fingerprint density at radius 2 is 2.15 bits per heavy atom. The SMILES string of the molecule is CC1(c2ccnc(Br)c2)CC1(F)F. The second-order valence-corrected chi connectivity index (χ2v) is 4.39. The number of rotatable bonds is 1. The predicted molar refractivity (Wildman–Crippen MR) is 48.9 cm³/mol. The molecule has 70 valence electrons. The molecular formula is C9H8BrF2N. The summed E-state index contributed by atoms with van der Waals surface area (Å²) in [6, 6.07) is 3.30. The third-order valence-electron chi connectivity index (χ3n) is 2.62. The van der Waals surface area contributed by atoms with Crippen molar-refractivity contribution in [1.29, 1.82) is 0 Å². The highest BCUT2D eigenvalue weighted by atomic mass is 79.9. The van der Waals surface area contributed by atoms with Crippen LogP contribution in [0.1, 0.15) is 18.9 Å². The first-order valence-electron chi connectivity index (χ1n) is 3.96. The maximum Gasteiger partial charge on any atom is 0.258 e. The molecule has 1 aromatic rings. The molecule has 0 aromatic carbocycles. The Bertz CT molecular complexity index is 353. The molecule has 1 atom stereocenters. The Kier molecular flexibility index (Phi) is 1.74. The van der Waals surface area contributed by atoms with Crippen LogP contribution in [0.4, 0.5) is 8.78 Å². The minimum atomic E-state index is -2.55. The first-order chi connectivity index (χ1) is 5.96. The lowest BCUT2D eigenvalue weighted by molar-refractivity contribution is 0.0920. The van der Waals surface area contributed by atoms with Gasteiger partial charge in [0.05, 0.1) is 5.41 Å². The second-order valence-electron chi connectivity index (χ2n) is 3.58. The van der Waals surface area contributed by atoms with Gasteiger partial charge in [-0.05, 0) is 40.5 Å². The van der Waals surface area contributed by atoms with Gasteiger partial charge in [-0.25, -0.2) is 13.8 Å². The maximum atomic E-state index is 13.0. The summed E-state index contributed by atoms with van der Waals surface area (Å²) in [4.78, 5) is 3.90. The van der Waals surface area contributed by atoms with E-state index in [1.165, 1.54) is 0 Å². The van der Waals surface area contributed by atoms with Crippen molar-refractivity contribution in [2.75, 3.05) is 0 Å². The van der Waals surface area contributed by atoms with Crippen LogP contribution in [0.15, 0.2) is 22.9 Å². The lowest BCUT2D eigenvalue weighted by Crippen LogP contribution is -2.11. The number of pyridine rings is 1. The quantitative estimate of drug-likeness (QED) is 0.695. The Labute approximate surface area is 83.3 Å². The minimum absolute atomic E-state index is 0.0591. The summed E-state index contributed by atoms with van der Waals surface area (Å²) in [6.07, 6.45) is 1.48. The fourth-order valence-corrected chi connectivity index (χ4v) is 1.82. The first kappa shape index (κ1) is 9.06. The largest absolute Gasteiger partial charge is 0.258 e. The van der Waals surface area contributed by atoms with Crippen LogP contribution in [0, 0.1) is 0 Å². The van der Waals surface area contributed by atoms with Crippen molar-refractivity contribution in [1.82, 2.24) is 4.98 Å². The summed E-state index contributed by atoms with van der Waals surface area (Å²) < 4.78 is 26.5. The fourth-order valence-electron chi connectivity index (χ4n) is 1.46. The van der Waals surface area contributed by atoms with E-state index in [1.54, 1.807) is 25.3 Å². The van der Waals surface area contributed by atoms with Crippen molar-refractivity contribution in [3.8, 4) is 0 Å². The van der Waals surface area contributed by atoms with E-state index in [1.807, 2.05) is 0 Å². The maximum absolute atomic E-state index is 13.0. The molecule has 1 fully saturated rings. The average molecular weight is 248 g/mol. The zero-order valence-corrected chi connectivity index (χ0v) is 8.61. The van der Waals surface area contributed by atoms with Crippen LogP contribution in [0.25, 0.3) is 0 Å². The van der Waals surface area contributed by atoms with Gasteiger partial charge in [0.2, 0.25) is 0 Å². The molecule has 0 radical (unpaired) electrons. The Morgan fingerprint density at radius 1 is 1.54 bits per heavy atom. The van der Waals surface area contributed by atoms with Crippen molar-refractivity contribution < 1.29 is 8.78 Å². The average Bonchev–Trinajstić information content (AvgIpc) is 2.53. The van der Waals surface area contributed by atoms with Crippen molar-refractivity contribution in [2.45, 2.75) is 24.7 Å². The minimum Gasteiger partial charge on any atom is -0.249 e. The molecule has 1 aliphatic rings. The third kappa shape index (κ3) is 1.27. The van der Waals surface area contributed by atoms with E-state index in [-0.39, 0.29) is 6.42 Å². The van der Waals surface area contributed by atoms with E-state index in [2.05, 4.69) is 20.9 Å². The number of hydrogen-bond acceptors (Lipinski definition) is 1. The highest BCUT2D eigenvalue weighted by Crippen LogP contribution is 2.61. The van der Waals surface area contributed by atoms with Crippen molar-refractivity contribution >= 4 is 15.9 Å². The van der Waals surface area contributed by atoms with Crippen LogP contribution in [-0.2, 0) is 5.41 Å². The highest BCUT2D eigenvalue weighted by molar-refractivity contribution is 9.10. The van der Waals surface area contributed by atoms with Gasteiger partial charge in [-0.1, -0.05) is 0 Å². The molecule has 1 unspecified atom stereocenters. The van der Waals surface area contributed by atoms with E-state index < -0.39 is 11.3 Å². The molecule has 13 heavy (non-hydrogen) atoms. The van der Waals surface area contributed by atoms with E-state index in [0.29, 0.717) is 10.2 Å². The van der Waals surface area contributed by atoms with Gasteiger partial charge in [0.1, 0.15) is 4.60 Å². The second kappa shape index (κ2) is 2.50. The third-order valence-corrected chi connectivity index (χ3v) is 3.06. The summed E-state index contributed by atoms with van der Waals surface area (Å²) >= 11 is 3.16. The summed E-state index contributed by atoms with van der Waals surface area (Å²) in [7, 11) is 0. The molecule has 1 aromatic heterocycles. The summed E-state index contributed by atoms with van der Waals surface area (Å²) in [5.41, 5.74) is -0.322.